The molecule has 0 spiro atoms. The van der Waals surface area contributed by atoms with Gasteiger partial charge in [0, 0.05) is 5.69 Å². The monoisotopic (exact) mass is 302 g/mol. The number of para-hydroxylation sites is 1. The Morgan fingerprint density at radius 3 is 2.33 bits per heavy atom. The van der Waals surface area contributed by atoms with E-state index in [0.717, 1.165) is 11.3 Å². The fourth-order valence-electron chi connectivity index (χ4n) is 1.94. The van der Waals surface area contributed by atoms with Gasteiger partial charge in [-0.3, -0.25) is 4.79 Å². The SMILES string of the molecule is COc1cc([S-])c(CC(=O)Nc2ccccc2)cc1OC. The van der Waals surface area contributed by atoms with Gasteiger partial charge < -0.3 is 27.4 Å². The van der Waals surface area contributed by atoms with E-state index >= 15 is 0 Å². The van der Waals surface area contributed by atoms with Crippen LogP contribution in [0.15, 0.2) is 47.4 Å². The number of benzene rings is 2. The summed E-state index contributed by atoms with van der Waals surface area (Å²) in [7, 11) is 3.10. The molecule has 0 heterocycles. The molecule has 0 bridgehead atoms. The van der Waals surface area contributed by atoms with Crippen molar-refractivity contribution in [1.29, 1.82) is 0 Å². The van der Waals surface area contributed by atoms with Gasteiger partial charge in [0.05, 0.1) is 20.6 Å². The molecule has 1 N–H and O–H groups in total. The number of carbonyl (C=O) groups excluding carboxylic acids is 1. The molecule has 5 heteroatoms. The predicted molar refractivity (Wildman–Crippen MR) is 84.0 cm³/mol. The Hall–Kier alpha value is -2.27. The number of anilines is 1. The Morgan fingerprint density at radius 1 is 1.10 bits per heavy atom. The highest BCUT2D eigenvalue weighted by molar-refractivity contribution is 7.58. The number of rotatable bonds is 5. The summed E-state index contributed by atoms with van der Waals surface area (Å²) in [5.74, 6) is 1.00. The Labute approximate surface area is 129 Å². The summed E-state index contributed by atoms with van der Waals surface area (Å²) in [6.07, 6.45) is 0.189. The van der Waals surface area contributed by atoms with Crippen molar-refractivity contribution in [3.63, 3.8) is 0 Å². The van der Waals surface area contributed by atoms with Crippen molar-refractivity contribution < 1.29 is 14.3 Å². The van der Waals surface area contributed by atoms with E-state index in [2.05, 4.69) is 5.32 Å². The molecule has 0 aromatic heterocycles. The maximum atomic E-state index is 12.1. The Kier molecular flexibility index (Phi) is 5.00. The van der Waals surface area contributed by atoms with E-state index in [1.807, 2.05) is 30.3 Å². The van der Waals surface area contributed by atoms with Crippen molar-refractivity contribution in [2.75, 3.05) is 19.5 Å². The molecule has 0 radical (unpaired) electrons. The van der Waals surface area contributed by atoms with Crippen LogP contribution in [-0.2, 0) is 23.8 Å². The lowest BCUT2D eigenvalue weighted by Gasteiger charge is -2.18. The zero-order chi connectivity index (χ0) is 15.2. The molecule has 2 rings (SSSR count). The summed E-state index contributed by atoms with van der Waals surface area (Å²) in [6.45, 7) is 0. The maximum Gasteiger partial charge on any atom is 0.228 e. The van der Waals surface area contributed by atoms with Gasteiger partial charge in [0.2, 0.25) is 5.91 Å². The van der Waals surface area contributed by atoms with Gasteiger partial charge in [-0.1, -0.05) is 23.8 Å². The third kappa shape index (κ3) is 3.86. The van der Waals surface area contributed by atoms with E-state index < -0.39 is 0 Å². The maximum absolute atomic E-state index is 12.1. The van der Waals surface area contributed by atoms with Crippen molar-refractivity contribution in [3.8, 4) is 11.5 Å². The fraction of sp³-hybridized carbons (Fsp3) is 0.188. The van der Waals surface area contributed by atoms with Crippen molar-refractivity contribution in [1.82, 2.24) is 0 Å². The highest BCUT2D eigenvalue weighted by Gasteiger charge is 2.09. The molecule has 4 nitrogen and oxygen atoms in total. The highest BCUT2D eigenvalue weighted by atomic mass is 32.1. The topological polar surface area (TPSA) is 47.6 Å². The zero-order valence-electron chi connectivity index (χ0n) is 11.9. The number of nitrogens with one attached hydrogen (secondary N) is 1. The molecule has 0 aliphatic rings. The minimum absolute atomic E-state index is 0.125. The zero-order valence-corrected chi connectivity index (χ0v) is 12.7. The second-order valence-electron chi connectivity index (χ2n) is 4.41. The smallest absolute Gasteiger partial charge is 0.228 e. The normalized spacial score (nSPS) is 10.0. The van der Waals surface area contributed by atoms with Crippen LogP contribution in [0.25, 0.3) is 0 Å². The molecule has 1 amide bonds. The molecule has 110 valence electrons. The first kappa shape index (κ1) is 15.1. The first-order valence-corrected chi connectivity index (χ1v) is 6.81. The van der Waals surface area contributed by atoms with Gasteiger partial charge in [-0.15, -0.1) is 0 Å². The number of hydrogen-bond acceptors (Lipinski definition) is 4. The fourth-order valence-corrected chi connectivity index (χ4v) is 2.18. The highest BCUT2D eigenvalue weighted by Crippen LogP contribution is 2.30. The molecule has 21 heavy (non-hydrogen) atoms. The summed E-state index contributed by atoms with van der Waals surface area (Å²) in [5, 5.41) is 2.83. The van der Waals surface area contributed by atoms with Crippen LogP contribution in [0.3, 0.4) is 0 Å². The minimum atomic E-state index is -0.125. The lowest BCUT2D eigenvalue weighted by atomic mass is 10.1. The van der Waals surface area contributed by atoms with Gasteiger partial charge >= 0.3 is 0 Å². The van der Waals surface area contributed by atoms with Gasteiger partial charge in [0.25, 0.3) is 0 Å². The largest absolute Gasteiger partial charge is 0.779 e. The molecule has 0 unspecified atom stereocenters. The molecular formula is C16H16NO3S-. The lowest BCUT2D eigenvalue weighted by Crippen LogP contribution is -2.15. The van der Waals surface area contributed by atoms with Crippen molar-refractivity contribution in [2.45, 2.75) is 11.3 Å². The first-order chi connectivity index (χ1) is 10.1. The molecule has 0 aliphatic carbocycles. The first-order valence-electron chi connectivity index (χ1n) is 6.41. The van der Waals surface area contributed by atoms with Gasteiger partial charge in [0.15, 0.2) is 11.5 Å². The summed E-state index contributed by atoms with van der Waals surface area (Å²) in [4.78, 5) is 12.6. The third-order valence-corrected chi connectivity index (χ3v) is 3.36. The van der Waals surface area contributed by atoms with Crippen LogP contribution < -0.4 is 14.8 Å². The Balaban J connectivity index is 2.14. The minimum Gasteiger partial charge on any atom is -0.779 e. The number of methoxy groups -OCH3 is 2. The van der Waals surface area contributed by atoms with E-state index in [-0.39, 0.29) is 12.3 Å². The Morgan fingerprint density at radius 2 is 1.71 bits per heavy atom. The quantitative estimate of drug-likeness (QED) is 0.863. The van der Waals surface area contributed by atoms with E-state index in [1.165, 1.54) is 0 Å². The summed E-state index contributed by atoms with van der Waals surface area (Å²) in [5.41, 5.74) is 1.49. The second kappa shape index (κ2) is 6.95. The van der Waals surface area contributed by atoms with Gasteiger partial charge in [-0.05, 0) is 24.3 Å². The summed E-state index contributed by atoms with van der Waals surface area (Å²) < 4.78 is 10.4. The van der Waals surface area contributed by atoms with E-state index in [0.29, 0.717) is 16.4 Å². The predicted octanol–water partition coefficient (Wildman–Crippen LogP) is 2.79. The molecular weight excluding hydrogens is 286 g/mol. The molecule has 2 aromatic carbocycles. The van der Waals surface area contributed by atoms with Crippen molar-refractivity contribution >= 4 is 24.2 Å². The van der Waals surface area contributed by atoms with Crippen molar-refractivity contribution in [3.05, 3.63) is 48.0 Å². The van der Waals surface area contributed by atoms with Crippen LogP contribution in [-0.4, -0.2) is 20.1 Å². The van der Waals surface area contributed by atoms with Crippen LogP contribution in [0.1, 0.15) is 5.56 Å². The number of amides is 1. The molecule has 0 aliphatic heterocycles. The summed E-state index contributed by atoms with van der Waals surface area (Å²) >= 11 is 5.28. The average molecular weight is 302 g/mol. The van der Waals surface area contributed by atoms with Gasteiger partial charge in [0.1, 0.15) is 0 Å². The molecule has 0 fully saturated rings. The van der Waals surface area contributed by atoms with Crippen molar-refractivity contribution in [2.24, 2.45) is 0 Å². The third-order valence-electron chi connectivity index (χ3n) is 2.98. The molecule has 2 aromatic rings. The number of carbonyl (C=O) groups is 1. The van der Waals surface area contributed by atoms with Crippen LogP contribution >= 0.6 is 0 Å². The summed E-state index contributed by atoms with van der Waals surface area (Å²) in [6, 6.07) is 12.7. The molecule has 0 atom stereocenters. The lowest BCUT2D eigenvalue weighted by molar-refractivity contribution is -0.115. The average Bonchev–Trinajstić information content (AvgIpc) is 2.49. The van der Waals surface area contributed by atoms with E-state index in [4.69, 9.17) is 22.1 Å². The van der Waals surface area contributed by atoms with Gasteiger partial charge in [-0.25, -0.2) is 0 Å². The van der Waals surface area contributed by atoms with Crippen LogP contribution in [0.5, 0.6) is 11.5 Å². The number of ether oxygens (including phenoxy) is 2. The standard InChI is InChI=1S/C16H17NO3S/c1-19-13-8-11(15(21)10-14(13)20-2)9-16(18)17-12-6-4-3-5-7-12/h3-8,10,21H,9H2,1-2H3,(H,17,18)/p-1. The Bertz CT molecular complexity index is 629. The van der Waals surface area contributed by atoms with Gasteiger partial charge in [-0.2, -0.15) is 4.90 Å². The second-order valence-corrected chi connectivity index (χ2v) is 4.85. The van der Waals surface area contributed by atoms with E-state index in [1.54, 1.807) is 26.4 Å². The molecule has 0 saturated carbocycles. The van der Waals surface area contributed by atoms with Crippen LogP contribution in [0.2, 0.25) is 0 Å². The van der Waals surface area contributed by atoms with Crippen LogP contribution in [0.4, 0.5) is 5.69 Å². The number of hydrogen-bond donors (Lipinski definition) is 1. The van der Waals surface area contributed by atoms with Crippen LogP contribution in [0, 0.1) is 0 Å². The molecule has 0 saturated heterocycles. The van der Waals surface area contributed by atoms with E-state index in [9.17, 15) is 4.79 Å².